The Labute approximate surface area is 183 Å². The van der Waals surface area contributed by atoms with Gasteiger partial charge in [-0.25, -0.2) is 21.8 Å². The zero-order valence-electron chi connectivity index (χ0n) is 17.8. The molecule has 1 aromatic carbocycles. The van der Waals surface area contributed by atoms with Crippen LogP contribution in [0.25, 0.3) is 11.0 Å². The molecule has 0 aliphatic heterocycles. The Morgan fingerprint density at radius 2 is 1.71 bits per heavy atom. The number of hydrogen-bond donors (Lipinski definition) is 1. The molecule has 31 heavy (non-hydrogen) atoms. The summed E-state index contributed by atoms with van der Waals surface area (Å²) in [4.78, 5) is 8.28. The molecule has 166 valence electrons. The number of benzene rings is 1. The molecule has 4 rings (SSSR count). The summed E-state index contributed by atoms with van der Waals surface area (Å²) in [5, 5.41) is 0.772. The van der Waals surface area contributed by atoms with E-state index in [1.807, 2.05) is 18.2 Å². The summed E-state index contributed by atoms with van der Waals surface area (Å²) in [5.74, 6) is 0.723. The molecule has 8 heteroatoms. The van der Waals surface area contributed by atoms with E-state index < -0.39 is 19.7 Å². The molecule has 1 aliphatic rings. The van der Waals surface area contributed by atoms with Crippen molar-refractivity contribution in [3.63, 3.8) is 0 Å². The SMILES string of the molecule is CCS(=O)(=O)c1cnc2[nH]c(C(CC3CCCC3)c3ccc(S(C)(=O)=O)cc3)cc2c1. The molecule has 0 radical (unpaired) electrons. The van der Waals surface area contributed by atoms with Gasteiger partial charge in [0.15, 0.2) is 19.7 Å². The second-order valence-corrected chi connectivity index (χ2v) is 12.8. The fraction of sp³-hybridized carbons (Fsp3) is 0.435. The van der Waals surface area contributed by atoms with E-state index in [0.717, 1.165) is 23.1 Å². The molecule has 3 aromatic rings. The smallest absolute Gasteiger partial charge is 0.179 e. The molecule has 0 spiro atoms. The monoisotopic (exact) mass is 460 g/mol. The summed E-state index contributed by atoms with van der Waals surface area (Å²) < 4.78 is 48.2. The Hall–Kier alpha value is -2.19. The maximum Gasteiger partial charge on any atom is 0.179 e. The van der Waals surface area contributed by atoms with E-state index in [2.05, 4.69) is 9.97 Å². The third kappa shape index (κ3) is 4.70. The number of rotatable bonds is 7. The van der Waals surface area contributed by atoms with E-state index in [0.29, 0.717) is 16.5 Å². The van der Waals surface area contributed by atoms with Crippen LogP contribution in [0.15, 0.2) is 52.4 Å². The van der Waals surface area contributed by atoms with Gasteiger partial charge in [-0.05, 0) is 42.2 Å². The van der Waals surface area contributed by atoms with Crippen molar-refractivity contribution >= 4 is 30.7 Å². The zero-order chi connectivity index (χ0) is 22.2. The van der Waals surface area contributed by atoms with Gasteiger partial charge in [0.25, 0.3) is 0 Å². The number of pyridine rings is 1. The predicted octanol–water partition coefficient (Wildman–Crippen LogP) is 4.47. The largest absolute Gasteiger partial charge is 0.343 e. The van der Waals surface area contributed by atoms with Crippen molar-refractivity contribution in [1.29, 1.82) is 0 Å². The van der Waals surface area contributed by atoms with E-state index in [9.17, 15) is 16.8 Å². The van der Waals surface area contributed by atoms with Crippen molar-refractivity contribution in [3.8, 4) is 0 Å². The van der Waals surface area contributed by atoms with E-state index >= 15 is 0 Å². The lowest BCUT2D eigenvalue weighted by atomic mass is 9.86. The molecule has 2 heterocycles. The van der Waals surface area contributed by atoms with Crippen LogP contribution in [0.1, 0.15) is 56.2 Å². The summed E-state index contributed by atoms with van der Waals surface area (Å²) in [6.45, 7) is 1.62. The van der Waals surface area contributed by atoms with Crippen LogP contribution in [-0.4, -0.2) is 38.8 Å². The average Bonchev–Trinajstić information content (AvgIpc) is 3.40. The number of hydrogen-bond acceptors (Lipinski definition) is 5. The highest BCUT2D eigenvalue weighted by Gasteiger charge is 2.25. The first kappa shape index (κ1) is 22.0. The minimum absolute atomic E-state index is 0.0362. The average molecular weight is 461 g/mol. The van der Waals surface area contributed by atoms with Crippen LogP contribution in [-0.2, 0) is 19.7 Å². The summed E-state index contributed by atoms with van der Waals surface area (Å²) in [5.41, 5.74) is 2.69. The Morgan fingerprint density at radius 1 is 1.03 bits per heavy atom. The minimum Gasteiger partial charge on any atom is -0.343 e. The molecule has 1 aliphatic carbocycles. The molecule has 1 N–H and O–H groups in total. The molecule has 1 fully saturated rings. The lowest BCUT2D eigenvalue weighted by molar-refractivity contribution is 0.469. The number of nitrogens with one attached hydrogen (secondary N) is 1. The van der Waals surface area contributed by atoms with Crippen molar-refractivity contribution in [3.05, 3.63) is 53.9 Å². The molecule has 0 amide bonds. The Balaban J connectivity index is 1.75. The topological polar surface area (TPSA) is 97.0 Å². The Kier molecular flexibility index (Phi) is 5.96. The van der Waals surface area contributed by atoms with Gasteiger partial charge in [-0.1, -0.05) is 44.7 Å². The lowest BCUT2D eigenvalue weighted by Gasteiger charge is -2.20. The van der Waals surface area contributed by atoms with Gasteiger partial charge in [0.1, 0.15) is 5.65 Å². The molecule has 6 nitrogen and oxygen atoms in total. The highest BCUT2D eigenvalue weighted by atomic mass is 32.2. The van der Waals surface area contributed by atoms with Gasteiger partial charge >= 0.3 is 0 Å². The van der Waals surface area contributed by atoms with Gasteiger partial charge in [0.05, 0.1) is 15.5 Å². The summed E-state index contributed by atoms with van der Waals surface area (Å²) in [6.07, 6.45) is 8.49. The molecule has 1 saturated carbocycles. The molecular weight excluding hydrogens is 432 g/mol. The van der Waals surface area contributed by atoms with Crippen molar-refractivity contribution in [2.75, 3.05) is 12.0 Å². The lowest BCUT2D eigenvalue weighted by Crippen LogP contribution is -2.08. The Bertz CT molecular complexity index is 1290. The quantitative estimate of drug-likeness (QED) is 0.561. The molecule has 2 aromatic heterocycles. The zero-order valence-corrected chi connectivity index (χ0v) is 19.5. The van der Waals surface area contributed by atoms with Crippen LogP contribution in [0.4, 0.5) is 0 Å². The maximum atomic E-state index is 12.3. The summed E-state index contributed by atoms with van der Waals surface area (Å²) >= 11 is 0. The molecule has 1 atom stereocenters. The maximum absolute atomic E-state index is 12.3. The number of aromatic amines is 1. The second kappa shape index (κ2) is 8.39. The number of aromatic nitrogens is 2. The fourth-order valence-electron chi connectivity index (χ4n) is 4.51. The fourth-order valence-corrected chi connectivity index (χ4v) is 5.99. The van der Waals surface area contributed by atoms with E-state index in [4.69, 9.17) is 0 Å². The van der Waals surface area contributed by atoms with Crippen LogP contribution in [0, 0.1) is 5.92 Å². The van der Waals surface area contributed by atoms with Gasteiger partial charge in [-0.2, -0.15) is 0 Å². The van der Waals surface area contributed by atoms with Gasteiger partial charge in [-0.3, -0.25) is 0 Å². The number of nitrogens with zero attached hydrogens (tertiary/aromatic N) is 1. The van der Waals surface area contributed by atoms with E-state index in [-0.39, 0.29) is 16.6 Å². The Morgan fingerprint density at radius 3 is 2.32 bits per heavy atom. The predicted molar refractivity (Wildman–Crippen MR) is 122 cm³/mol. The van der Waals surface area contributed by atoms with E-state index in [1.54, 1.807) is 25.1 Å². The molecule has 1 unspecified atom stereocenters. The summed E-state index contributed by atoms with van der Waals surface area (Å²) in [6, 6.07) is 10.8. The van der Waals surface area contributed by atoms with Gasteiger partial charge in [0, 0.05) is 29.5 Å². The third-order valence-electron chi connectivity index (χ3n) is 6.33. The normalized spacial score (nSPS) is 16.7. The summed E-state index contributed by atoms with van der Waals surface area (Å²) in [7, 11) is -6.57. The third-order valence-corrected chi connectivity index (χ3v) is 9.16. The highest BCUT2D eigenvalue weighted by Crippen LogP contribution is 2.38. The minimum atomic E-state index is -3.32. The van der Waals surface area contributed by atoms with E-state index in [1.165, 1.54) is 38.1 Å². The number of H-pyrrole nitrogens is 1. The van der Waals surface area contributed by atoms with Crippen molar-refractivity contribution < 1.29 is 16.8 Å². The standard InChI is InChI=1S/C23H28N2O4S2/c1-3-31(28,29)20-13-18-14-22(25-23(18)24-15-20)21(12-16-6-4-5-7-16)17-8-10-19(11-9-17)30(2,26)27/h8-11,13-16,21H,3-7,12H2,1-2H3,(H,24,25). The van der Waals surface area contributed by atoms with Gasteiger partial charge in [0.2, 0.25) is 0 Å². The first-order valence-electron chi connectivity index (χ1n) is 10.7. The number of sulfone groups is 2. The van der Waals surface area contributed by atoms with Crippen LogP contribution in [0.5, 0.6) is 0 Å². The molecular formula is C23H28N2O4S2. The van der Waals surface area contributed by atoms with Crippen molar-refractivity contribution in [1.82, 2.24) is 9.97 Å². The first-order valence-corrected chi connectivity index (χ1v) is 14.2. The van der Waals surface area contributed by atoms with Crippen LogP contribution >= 0.6 is 0 Å². The second-order valence-electron chi connectivity index (χ2n) is 8.52. The van der Waals surface area contributed by atoms with Gasteiger partial charge in [-0.15, -0.1) is 0 Å². The van der Waals surface area contributed by atoms with Crippen molar-refractivity contribution in [2.45, 2.75) is 54.7 Å². The van der Waals surface area contributed by atoms with Crippen LogP contribution in [0.2, 0.25) is 0 Å². The highest BCUT2D eigenvalue weighted by molar-refractivity contribution is 7.91. The van der Waals surface area contributed by atoms with Gasteiger partial charge < -0.3 is 4.98 Å². The van der Waals surface area contributed by atoms with Crippen LogP contribution in [0.3, 0.4) is 0 Å². The first-order chi connectivity index (χ1) is 14.7. The number of fused-ring (bicyclic) bond motifs is 1. The molecule has 0 saturated heterocycles. The van der Waals surface area contributed by atoms with Crippen LogP contribution < -0.4 is 0 Å². The van der Waals surface area contributed by atoms with Crippen molar-refractivity contribution in [2.24, 2.45) is 5.92 Å². The molecule has 0 bridgehead atoms.